The van der Waals surface area contributed by atoms with E-state index in [0.29, 0.717) is 18.8 Å². The summed E-state index contributed by atoms with van der Waals surface area (Å²) in [5.74, 6) is -2.00. The van der Waals surface area contributed by atoms with Crippen LogP contribution in [0.25, 0.3) is 0 Å². The first-order chi connectivity index (χ1) is 10.7. The highest BCUT2D eigenvalue weighted by molar-refractivity contribution is 5.26. The van der Waals surface area contributed by atoms with Gasteiger partial charge in [0.15, 0.2) is 5.60 Å². The van der Waals surface area contributed by atoms with E-state index >= 15 is 0 Å². The Bertz CT molecular complexity index is 560. The predicted octanol–water partition coefficient (Wildman–Crippen LogP) is 4.07. The van der Waals surface area contributed by atoms with Gasteiger partial charge in [0.25, 0.3) is 0 Å². The first-order valence-corrected chi connectivity index (χ1v) is 8.17. The second-order valence-corrected chi connectivity index (χ2v) is 7.48. The molecule has 0 aromatic carbocycles. The second-order valence-electron chi connectivity index (χ2n) is 7.48. The lowest BCUT2D eigenvalue weighted by Crippen LogP contribution is -2.67. The van der Waals surface area contributed by atoms with E-state index in [1.807, 2.05) is 0 Å². The van der Waals surface area contributed by atoms with Gasteiger partial charge < -0.3 is 9.47 Å². The molecule has 0 radical (unpaired) electrons. The average molecular weight is 334 g/mol. The maximum Gasteiger partial charge on any atom is 0.448 e. The summed E-state index contributed by atoms with van der Waals surface area (Å²) in [6, 6.07) is 0. The lowest BCUT2D eigenvalue weighted by Gasteiger charge is -2.57. The molecule has 0 unspecified atom stereocenters. The molecule has 4 nitrogen and oxygen atoms in total. The lowest BCUT2D eigenvalue weighted by molar-refractivity contribution is -0.557. The quantitative estimate of drug-likeness (QED) is 0.626. The molecule has 5 rings (SSSR count). The van der Waals surface area contributed by atoms with Crippen LogP contribution in [0.2, 0.25) is 0 Å². The van der Waals surface area contributed by atoms with Crippen molar-refractivity contribution < 1.29 is 32.4 Å². The zero-order valence-corrected chi connectivity index (χ0v) is 13.4. The van der Waals surface area contributed by atoms with E-state index in [-0.39, 0.29) is 11.5 Å². The highest BCUT2D eigenvalue weighted by Gasteiger charge is 2.69. The topological polar surface area (TPSA) is 36.9 Å². The van der Waals surface area contributed by atoms with Crippen molar-refractivity contribution >= 4 is 0 Å². The molecule has 4 aliphatic heterocycles. The summed E-state index contributed by atoms with van der Waals surface area (Å²) in [4.78, 5) is 11.3. The zero-order valence-electron chi connectivity index (χ0n) is 13.4. The first-order valence-electron chi connectivity index (χ1n) is 8.17. The van der Waals surface area contributed by atoms with Crippen LogP contribution in [0.4, 0.5) is 13.2 Å². The van der Waals surface area contributed by atoms with Crippen molar-refractivity contribution in [3.8, 4) is 0 Å². The predicted molar refractivity (Wildman–Crippen MR) is 72.6 cm³/mol. The molecule has 0 aromatic heterocycles. The van der Waals surface area contributed by atoms with Gasteiger partial charge in [-0.3, -0.25) is 0 Å². The van der Waals surface area contributed by atoms with Gasteiger partial charge >= 0.3 is 6.18 Å². The molecule has 4 heterocycles. The molecule has 130 valence electrons. The molecular formula is C16H21F3O4. The van der Waals surface area contributed by atoms with Crippen molar-refractivity contribution in [2.24, 2.45) is 17.8 Å². The summed E-state index contributed by atoms with van der Waals surface area (Å²) >= 11 is 0. The van der Waals surface area contributed by atoms with E-state index in [2.05, 4.69) is 6.92 Å². The van der Waals surface area contributed by atoms with Gasteiger partial charge in [0.1, 0.15) is 0 Å². The van der Waals surface area contributed by atoms with Gasteiger partial charge in [0.05, 0.1) is 0 Å². The fourth-order valence-corrected chi connectivity index (χ4v) is 4.90. The highest BCUT2D eigenvalue weighted by atomic mass is 19.4. The lowest BCUT2D eigenvalue weighted by atomic mass is 9.59. The van der Waals surface area contributed by atoms with Gasteiger partial charge in [-0.1, -0.05) is 6.92 Å². The minimum absolute atomic E-state index is 0.0558. The highest BCUT2D eigenvalue weighted by Crippen LogP contribution is 2.61. The van der Waals surface area contributed by atoms with Crippen molar-refractivity contribution in [2.45, 2.75) is 70.3 Å². The number of hydrogen-bond donors (Lipinski definition) is 0. The maximum atomic E-state index is 13.4. The molecule has 1 spiro atoms. The van der Waals surface area contributed by atoms with Crippen molar-refractivity contribution in [3.63, 3.8) is 0 Å². The number of halogens is 3. The normalized spacial score (nSPS) is 49.5. The standard InChI is InChI=1S/C16H21F3O4/c1-8-4-5-11-9(2)12(16(17,18)19)20-13-15(11)10(8)6-7-14(3,21-13)22-23-15/h8,10-11,13H,4-7H2,1-3H3/t8-,10+,11+,13-,14-,15-/m1/s1. The van der Waals surface area contributed by atoms with E-state index in [0.717, 1.165) is 12.8 Å². The smallest absolute Gasteiger partial charge is 0.448 e. The van der Waals surface area contributed by atoms with Gasteiger partial charge in [0.2, 0.25) is 17.8 Å². The third kappa shape index (κ3) is 2.02. The van der Waals surface area contributed by atoms with Crippen LogP contribution in [0, 0.1) is 17.8 Å². The summed E-state index contributed by atoms with van der Waals surface area (Å²) < 4.78 is 51.3. The molecule has 2 bridgehead atoms. The SMILES string of the molecule is CC1=C(C(F)(F)F)O[C@@H]2O[C@@]3(C)CC[C@H]4[C@H](C)CC[C@@H]1[C@@]24OO3. The fourth-order valence-electron chi connectivity index (χ4n) is 4.90. The molecule has 0 amide bonds. The van der Waals surface area contributed by atoms with Crippen molar-refractivity contribution in [1.29, 1.82) is 0 Å². The van der Waals surface area contributed by atoms with Crippen molar-refractivity contribution in [2.75, 3.05) is 0 Å². The van der Waals surface area contributed by atoms with E-state index in [4.69, 9.17) is 19.2 Å². The number of rotatable bonds is 0. The van der Waals surface area contributed by atoms with E-state index in [1.165, 1.54) is 6.92 Å². The summed E-state index contributed by atoms with van der Waals surface area (Å²) in [7, 11) is 0. The average Bonchev–Trinajstić information content (AvgIpc) is 2.68. The van der Waals surface area contributed by atoms with Gasteiger partial charge in [0, 0.05) is 18.3 Å². The van der Waals surface area contributed by atoms with E-state index in [9.17, 15) is 13.2 Å². The van der Waals surface area contributed by atoms with Crippen LogP contribution in [-0.2, 0) is 19.2 Å². The summed E-state index contributed by atoms with van der Waals surface area (Å²) in [6.07, 6.45) is -2.75. The first kappa shape index (κ1) is 15.7. The Kier molecular flexibility index (Phi) is 3.17. The fraction of sp³-hybridized carbons (Fsp3) is 0.875. The zero-order chi connectivity index (χ0) is 16.6. The van der Waals surface area contributed by atoms with E-state index < -0.39 is 35.5 Å². The third-order valence-electron chi connectivity index (χ3n) is 6.08. The van der Waals surface area contributed by atoms with Crippen molar-refractivity contribution in [1.82, 2.24) is 0 Å². The molecule has 1 saturated carbocycles. The number of allylic oxidation sites excluding steroid dienone is 1. The Hall–Kier alpha value is -0.790. The minimum atomic E-state index is -4.53. The third-order valence-corrected chi connectivity index (χ3v) is 6.08. The largest absolute Gasteiger partial charge is 0.456 e. The van der Waals surface area contributed by atoms with Gasteiger partial charge in [-0.05, 0) is 44.6 Å². The molecule has 23 heavy (non-hydrogen) atoms. The Morgan fingerprint density at radius 2 is 1.87 bits per heavy atom. The molecule has 6 atom stereocenters. The van der Waals surface area contributed by atoms with Crippen LogP contribution in [0.3, 0.4) is 0 Å². The summed E-state index contributed by atoms with van der Waals surface area (Å²) in [6.45, 7) is 5.31. The number of ether oxygens (including phenoxy) is 2. The molecule has 0 N–H and O–H groups in total. The Morgan fingerprint density at radius 3 is 2.57 bits per heavy atom. The molecule has 1 aliphatic carbocycles. The summed E-state index contributed by atoms with van der Waals surface area (Å²) in [5.41, 5.74) is -0.782. The van der Waals surface area contributed by atoms with Crippen LogP contribution >= 0.6 is 0 Å². The Labute approximate surface area is 132 Å². The summed E-state index contributed by atoms with van der Waals surface area (Å²) in [5, 5.41) is 0. The Balaban J connectivity index is 1.87. The number of alkyl halides is 3. The molecule has 5 aliphatic rings. The van der Waals surface area contributed by atoms with Crippen LogP contribution in [0.5, 0.6) is 0 Å². The molecule has 4 fully saturated rings. The van der Waals surface area contributed by atoms with Gasteiger partial charge in [-0.25, -0.2) is 9.78 Å². The molecule has 3 saturated heterocycles. The number of hydrogen-bond acceptors (Lipinski definition) is 4. The Morgan fingerprint density at radius 1 is 1.13 bits per heavy atom. The molecular weight excluding hydrogens is 313 g/mol. The van der Waals surface area contributed by atoms with Crippen LogP contribution in [-0.4, -0.2) is 23.9 Å². The second kappa shape index (κ2) is 4.64. The van der Waals surface area contributed by atoms with Gasteiger partial charge in [-0.15, -0.1) is 0 Å². The minimum Gasteiger partial charge on any atom is -0.456 e. The number of fused-ring (bicyclic) bond motifs is 2. The van der Waals surface area contributed by atoms with Crippen LogP contribution in [0.15, 0.2) is 11.3 Å². The van der Waals surface area contributed by atoms with Crippen molar-refractivity contribution in [3.05, 3.63) is 11.3 Å². The van der Waals surface area contributed by atoms with Crippen LogP contribution in [0.1, 0.15) is 46.5 Å². The maximum absolute atomic E-state index is 13.4. The molecule has 0 aromatic rings. The molecule has 7 heteroatoms. The van der Waals surface area contributed by atoms with E-state index in [1.54, 1.807) is 6.92 Å². The van der Waals surface area contributed by atoms with Gasteiger partial charge in [-0.2, -0.15) is 13.2 Å². The monoisotopic (exact) mass is 334 g/mol. The van der Waals surface area contributed by atoms with Crippen LogP contribution < -0.4 is 0 Å².